The topological polar surface area (TPSA) is 126 Å². The molecule has 0 saturated heterocycles. The number of hydrogen-bond acceptors (Lipinski definition) is 7. The van der Waals surface area contributed by atoms with Gasteiger partial charge in [-0.1, -0.05) is 12.1 Å². The summed E-state index contributed by atoms with van der Waals surface area (Å²) in [7, 11) is 1.60. The number of likely N-dealkylation sites (N-methyl/N-ethyl adjacent to an activating group) is 1. The van der Waals surface area contributed by atoms with Crippen LogP contribution in [0.1, 0.15) is 15.5 Å². The summed E-state index contributed by atoms with van der Waals surface area (Å²) in [5.41, 5.74) is 0.276. The first-order valence-corrected chi connectivity index (χ1v) is 8.15. The highest BCUT2D eigenvalue weighted by Crippen LogP contribution is 2.26. The number of carboxylic acid groups (broad SMARTS) is 1. The number of nitrogens with zero attached hydrogens (tertiary/aromatic N) is 3. The molecule has 0 radical (unpaired) electrons. The lowest BCUT2D eigenvalue weighted by molar-refractivity contribution is -0.384. The lowest BCUT2D eigenvalue weighted by Crippen LogP contribution is -2.36. The highest BCUT2D eigenvalue weighted by Gasteiger charge is 2.17. The van der Waals surface area contributed by atoms with Gasteiger partial charge in [0.25, 0.3) is 5.69 Å². The molecule has 9 nitrogen and oxygen atoms in total. The Morgan fingerprint density at radius 2 is 2.12 bits per heavy atom. The summed E-state index contributed by atoms with van der Waals surface area (Å²) in [6, 6.07) is 6.19. The molecule has 1 aromatic heterocycles. The van der Waals surface area contributed by atoms with Crippen LogP contribution in [0.25, 0.3) is 0 Å². The molecule has 0 atom stereocenters. The number of hydrogen-bond donors (Lipinski definition) is 2. The van der Waals surface area contributed by atoms with Crippen LogP contribution in [-0.4, -0.2) is 47.0 Å². The van der Waals surface area contributed by atoms with Crippen molar-refractivity contribution in [2.75, 3.05) is 25.0 Å². The summed E-state index contributed by atoms with van der Waals surface area (Å²) in [5, 5.41) is 24.6. The Hall–Kier alpha value is -3.01. The molecular formula is C15H16N4O5S. The third kappa shape index (κ3) is 4.98. The molecule has 1 heterocycles. The van der Waals surface area contributed by atoms with E-state index >= 15 is 0 Å². The fraction of sp³-hybridized carbons (Fsp3) is 0.267. The Labute approximate surface area is 147 Å². The van der Waals surface area contributed by atoms with E-state index in [0.717, 1.165) is 0 Å². The molecule has 2 rings (SSSR count). The lowest BCUT2D eigenvalue weighted by atomic mass is 10.2. The molecule has 0 fully saturated rings. The van der Waals surface area contributed by atoms with E-state index in [-0.39, 0.29) is 23.8 Å². The first kappa shape index (κ1) is 18.3. The molecule has 132 valence electrons. The van der Waals surface area contributed by atoms with Crippen molar-refractivity contribution in [1.82, 2.24) is 10.3 Å². The molecule has 1 aromatic carbocycles. The Balaban J connectivity index is 1.85. The standard InChI is InChI=1S/C15H16N4O5S/c1-18(11-4-2-3-5-12(11)19(23)24)8-13(20)16-7-6-14-17-10(9-25-14)15(21)22/h2-5,9H,6-8H2,1H3,(H,16,20)(H,21,22). The van der Waals surface area contributed by atoms with E-state index in [0.29, 0.717) is 23.7 Å². The van der Waals surface area contributed by atoms with Crippen molar-refractivity contribution in [2.45, 2.75) is 6.42 Å². The number of amides is 1. The molecule has 0 unspecified atom stereocenters. The van der Waals surface area contributed by atoms with Gasteiger partial charge in [0.15, 0.2) is 5.69 Å². The van der Waals surface area contributed by atoms with Gasteiger partial charge in [-0.15, -0.1) is 11.3 Å². The minimum atomic E-state index is -1.09. The number of carboxylic acids is 1. The maximum absolute atomic E-state index is 12.0. The van der Waals surface area contributed by atoms with Crippen molar-refractivity contribution in [2.24, 2.45) is 0 Å². The molecule has 2 aromatic rings. The van der Waals surface area contributed by atoms with Gasteiger partial charge in [0, 0.05) is 31.5 Å². The zero-order valence-corrected chi connectivity index (χ0v) is 14.2. The van der Waals surface area contributed by atoms with E-state index in [2.05, 4.69) is 10.3 Å². The highest BCUT2D eigenvalue weighted by atomic mass is 32.1. The van der Waals surface area contributed by atoms with Crippen molar-refractivity contribution < 1.29 is 19.6 Å². The summed E-state index contributed by atoms with van der Waals surface area (Å²) in [4.78, 5) is 38.7. The zero-order valence-electron chi connectivity index (χ0n) is 13.3. The minimum absolute atomic E-state index is 0.0116. The van der Waals surface area contributed by atoms with Crippen molar-refractivity contribution in [3.63, 3.8) is 0 Å². The number of anilines is 1. The minimum Gasteiger partial charge on any atom is -0.476 e. The number of carbonyl (C=O) groups excluding carboxylic acids is 1. The number of para-hydroxylation sites is 2. The number of nitrogens with one attached hydrogen (secondary N) is 1. The van der Waals surface area contributed by atoms with Crippen molar-refractivity contribution in [3.05, 3.63) is 50.5 Å². The molecule has 25 heavy (non-hydrogen) atoms. The van der Waals surface area contributed by atoms with Gasteiger partial charge in [0.1, 0.15) is 5.69 Å². The zero-order chi connectivity index (χ0) is 18.4. The van der Waals surface area contributed by atoms with Crippen LogP contribution >= 0.6 is 11.3 Å². The molecule has 10 heteroatoms. The van der Waals surface area contributed by atoms with Crippen LogP contribution < -0.4 is 10.2 Å². The Bertz CT molecular complexity index is 792. The van der Waals surface area contributed by atoms with Gasteiger partial charge in [0.2, 0.25) is 5.91 Å². The Morgan fingerprint density at radius 3 is 2.76 bits per heavy atom. The average Bonchev–Trinajstić information content (AvgIpc) is 3.04. The number of nitro benzene ring substituents is 1. The molecule has 0 aliphatic carbocycles. The number of aromatic carboxylic acids is 1. The van der Waals surface area contributed by atoms with Crippen molar-refractivity contribution in [1.29, 1.82) is 0 Å². The smallest absolute Gasteiger partial charge is 0.355 e. The third-order valence-corrected chi connectivity index (χ3v) is 4.21. The van der Waals surface area contributed by atoms with Gasteiger partial charge >= 0.3 is 5.97 Å². The van der Waals surface area contributed by atoms with Crippen LogP contribution in [0.5, 0.6) is 0 Å². The number of thiazole rings is 1. The monoisotopic (exact) mass is 364 g/mol. The second kappa shape index (κ2) is 8.20. The molecular weight excluding hydrogens is 348 g/mol. The van der Waals surface area contributed by atoms with E-state index in [4.69, 9.17) is 5.11 Å². The lowest BCUT2D eigenvalue weighted by Gasteiger charge is -2.18. The van der Waals surface area contributed by atoms with Gasteiger partial charge in [-0.3, -0.25) is 14.9 Å². The maximum Gasteiger partial charge on any atom is 0.355 e. The molecule has 2 N–H and O–H groups in total. The number of nitro groups is 1. The van der Waals surface area contributed by atoms with Crippen molar-refractivity contribution >= 4 is 34.6 Å². The summed E-state index contributed by atoms with van der Waals surface area (Å²) in [5.74, 6) is -1.38. The molecule has 0 spiro atoms. The predicted molar refractivity (Wildman–Crippen MR) is 92.2 cm³/mol. The van der Waals surface area contributed by atoms with Gasteiger partial charge < -0.3 is 15.3 Å². The molecule has 0 aliphatic rings. The van der Waals surface area contributed by atoms with Crippen LogP contribution in [0.3, 0.4) is 0 Å². The molecule has 1 amide bonds. The normalized spacial score (nSPS) is 10.3. The number of rotatable bonds is 8. The van der Waals surface area contributed by atoms with Gasteiger partial charge in [0.05, 0.1) is 16.5 Å². The first-order valence-electron chi connectivity index (χ1n) is 7.27. The van der Waals surface area contributed by atoms with E-state index in [1.807, 2.05) is 0 Å². The fourth-order valence-electron chi connectivity index (χ4n) is 2.13. The molecule has 0 saturated carbocycles. The van der Waals surface area contributed by atoms with Crippen molar-refractivity contribution in [3.8, 4) is 0 Å². The van der Waals surface area contributed by atoms with Crippen LogP contribution in [0, 0.1) is 10.1 Å². The second-order valence-electron chi connectivity index (χ2n) is 5.13. The maximum atomic E-state index is 12.0. The van der Waals surface area contributed by atoms with E-state index < -0.39 is 10.9 Å². The first-order chi connectivity index (χ1) is 11.9. The van der Waals surface area contributed by atoms with Crippen LogP contribution in [0.15, 0.2) is 29.6 Å². The van der Waals surface area contributed by atoms with E-state index in [1.165, 1.54) is 27.7 Å². The number of benzene rings is 1. The third-order valence-electron chi connectivity index (χ3n) is 3.30. The van der Waals surface area contributed by atoms with Crippen LogP contribution in [0.4, 0.5) is 11.4 Å². The summed E-state index contributed by atoms with van der Waals surface area (Å²) < 4.78 is 0. The van der Waals surface area contributed by atoms with E-state index in [9.17, 15) is 19.7 Å². The number of carbonyl (C=O) groups is 2. The summed E-state index contributed by atoms with van der Waals surface area (Å²) >= 11 is 1.22. The number of aromatic nitrogens is 1. The average molecular weight is 364 g/mol. The predicted octanol–water partition coefficient (Wildman–Crippen LogP) is 1.54. The Morgan fingerprint density at radius 1 is 1.40 bits per heavy atom. The summed E-state index contributed by atoms with van der Waals surface area (Å²) in [6.45, 7) is 0.263. The quantitative estimate of drug-likeness (QED) is 0.537. The largest absolute Gasteiger partial charge is 0.476 e. The molecule has 0 aliphatic heterocycles. The van der Waals surface area contributed by atoms with Gasteiger partial charge in [-0.05, 0) is 6.07 Å². The highest BCUT2D eigenvalue weighted by molar-refractivity contribution is 7.09. The van der Waals surface area contributed by atoms with Gasteiger partial charge in [-0.25, -0.2) is 9.78 Å². The van der Waals surface area contributed by atoms with Crippen LogP contribution in [-0.2, 0) is 11.2 Å². The molecule has 0 bridgehead atoms. The summed E-state index contributed by atoms with van der Waals surface area (Å²) in [6.07, 6.45) is 0.416. The SMILES string of the molecule is CN(CC(=O)NCCc1nc(C(=O)O)cs1)c1ccccc1[N+](=O)[O-]. The van der Waals surface area contributed by atoms with Crippen LogP contribution in [0.2, 0.25) is 0 Å². The second-order valence-corrected chi connectivity index (χ2v) is 6.08. The van der Waals surface area contributed by atoms with E-state index in [1.54, 1.807) is 25.2 Å². The van der Waals surface area contributed by atoms with Gasteiger partial charge in [-0.2, -0.15) is 0 Å². The Kier molecular flexibility index (Phi) is 6.01. The fourth-order valence-corrected chi connectivity index (χ4v) is 2.90.